The number of methoxy groups -OCH3 is 1. The molecule has 3 aromatic carbocycles. The third kappa shape index (κ3) is 5.70. The third-order valence-electron chi connectivity index (χ3n) is 6.22. The fourth-order valence-corrected chi connectivity index (χ4v) is 5.40. The van der Waals surface area contributed by atoms with Crippen LogP contribution in [0.1, 0.15) is 35.6 Å². The van der Waals surface area contributed by atoms with E-state index >= 15 is 0 Å². The first-order chi connectivity index (χ1) is 17.9. The van der Waals surface area contributed by atoms with E-state index < -0.39 is 5.25 Å². The Morgan fingerprint density at radius 2 is 1.78 bits per heavy atom. The molecule has 2 amide bonds. The van der Waals surface area contributed by atoms with Crippen LogP contribution in [0.4, 0.5) is 5.69 Å². The molecule has 0 fully saturated rings. The first-order valence-electron chi connectivity index (χ1n) is 11.8. The van der Waals surface area contributed by atoms with Crippen LogP contribution in [0.2, 0.25) is 5.02 Å². The van der Waals surface area contributed by atoms with Gasteiger partial charge in [0.1, 0.15) is 11.0 Å². The molecule has 0 saturated carbocycles. The SMILES string of the molecule is COc1ccc(C2=NN(C3=NC(=O)[C@@H](CC(=O)Nc4ccc(Cl)cc4)S3)[C@@H](c3ccc(C)cc3)C2)cc1. The van der Waals surface area contributed by atoms with Crippen LogP contribution in [0.3, 0.4) is 0 Å². The lowest BCUT2D eigenvalue weighted by atomic mass is 9.98. The van der Waals surface area contributed by atoms with Gasteiger partial charge in [-0.05, 0) is 66.6 Å². The molecular weight excluding hydrogens is 508 g/mol. The molecule has 2 aliphatic rings. The Labute approximate surface area is 224 Å². The monoisotopic (exact) mass is 532 g/mol. The van der Waals surface area contributed by atoms with Crippen molar-refractivity contribution in [1.29, 1.82) is 0 Å². The predicted octanol–water partition coefficient (Wildman–Crippen LogP) is 5.83. The van der Waals surface area contributed by atoms with Crippen molar-refractivity contribution in [3.63, 3.8) is 0 Å². The van der Waals surface area contributed by atoms with Crippen molar-refractivity contribution in [3.05, 3.63) is 94.5 Å². The first-order valence-corrected chi connectivity index (χ1v) is 13.1. The summed E-state index contributed by atoms with van der Waals surface area (Å²) in [7, 11) is 1.63. The summed E-state index contributed by atoms with van der Waals surface area (Å²) in [5, 5.41) is 10.0. The molecule has 0 saturated heterocycles. The van der Waals surface area contributed by atoms with Gasteiger partial charge in [0.2, 0.25) is 5.91 Å². The fourth-order valence-electron chi connectivity index (χ4n) is 4.21. The van der Waals surface area contributed by atoms with Crippen molar-refractivity contribution < 1.29 is 14.3 Å². The van der Waals surface area contributed by atoms with Gasteiger partial charge >= 0.3 is 0 Å². The van der Waals surface area contributed by atoms with Gasteiger partial charge in [0.15, 0.2) is 5.17 Å². The van der Waals surface area contributed by atoms with E-state index in [-0.39, 0.29) is 24.3 Å². The lowest BCUT2D eigenvalue weighted by Gasteiger charge is -2.23. The Morgan fingerprint density at radius 3 is 2.46 bits per heavy atom. The largest absolute Gasteiger partial charge is 0.497 e. The van der Waals surface area contributed by atoms with Gasteiger partial charge in [0.05, 0.1) is 18.9 Å². The molecule has 0 radical (unpaired) electrons. The van der Waals surface area contributed by atoms with Crippen molar-refractivity contribution in [3.8, 4) is 5.75 Å². The average Bonchev–Trinajstić information content (AvgIpc) is 3.50. The second-order valence-corrected chi connectivity index (χ2v) is 10.5. The molecule has 0 aliphatic carbocycles. The molecule has 1 N–H and O–H groups in total. The minimum atomic E-state index is -0.610. The molecule has 2 atom stereocenters. The van der Waals surface area contributed by atoms with Gasteiger partial charge in [0, 0.05) is 23.6 Å². The number of halogens is 1. The normalized spacial score (nSPS) is 19.0. The summed E-state index contributed by atoms with van der Waals surface area (Å²) in [6.45, 7) is 2.05. The maximum atomic E-state index is 12.8. The number of amidine groups is 1. The number of amides is 2. The minimum absolute atomic E-state index is 0.0111. The van der Waals surface area contributed by atoms with E-state index in [0.717, 1.165) is 22.6 Å². The smallest absolute Gasteiger partial charge is 0.262 e. The number of benzene rings is 3. The predicted molar refractivity (Wildman–Crippen MR) is 148 cm³/mol. The molecule has 0 bridgehead atoms. The van der Waals surface area contributed by atoms with Gasteiger partial charge in [0.25, 0.3) is 5.91 Å². The molecule has 5 rings (SSSR count). The van der Waals surface area contributed by atoms with Crippen molar-refractivity contribution in [2.75, 3.05) is 12.4 Å². The molecule has 7 nitrogen and oxygen atoms in total. The third-order valence-corrected chi connectivity index (χ3v) is 7.61. The zero-order valence-electron chi connectivity index (χ0n) is 20.3. The zero-order chi connectivity index (χ0) is 25.9. The highest BCUT2D eigenvalue weighted by molar-refractivity contribution is 8.15. The number of carbonyl (C=O) groups excluding carboxylic acids is 2. The van der Waals surface area contributed by atoms with Gasteiger partial charge < -0.3 is 10.1 Å². The van der Waals surface area contributed by atoms with Crippen LogP contribution in [0, 0.1) is 6.92 Å². The summed E-state index contributed by atoms with van der Waals surface area (Å²) in [4.78, 5) is 29.7. The topological polar surface area (TPSA) is 83.4 Å². The fraction of sp³-hybridized carbons (Fsp3) is 0.214. The highest BCUT2D eigenvalue weighted by Gasteiger charge is 2.39. The highest BCUT2D eigenvalue weighted by atomic mass is 35.5. The van der Waals surface area contributed by atoms with Gasteiger partial charge in [-0.15, -0.1) is 0 Å². The highest BCUT2D eigenvalue weighted by Crippen LogP contribution is 2.39. The number of aryl methyl sites for hydroxylation is 1. The molecule has 2 heterocycles. The zero-order valence-corrected chi connectivity index (χ0v) is 21.9. The number of aliphatic imine (C=N–C) groups is 1. The Hall–Kier alpha value is -3.62. The maximum absolute atomic E-state index is 12.8. The Balaban J connectivity index is 1.35. The number of nitrogens with zero attached hydrogens (tertiary/aromatic N) is 3. The number of thioether (sulfide) groups is 1. The van der Waals surface area contributed by atoms with Crippen LogP contribution in [-0.2, 0) is 9.59 Å². The Morgan fingerprint density at radius 1 is 1.08 bits per heavy atom. The summed E-state index contributed by atoms with van der Waals surface area (Å²) in [6.07, 6.45) is 0.669. The van der Waals surface area contributed by atoms with Gasteiger partial charge in [-0.25, -0.2) is 5.01 Å². The second-order valence-electron chi connectivity index (χ2n) is 8.85. The van der Waals surface area contributed by atoms with Crippen LogP contribution < -0.4 is 10.1 Å². The van der Waals surface area contributed by atoms with Gasteiger partial charge in [-0.3, -0.25) is 9.59 Å². The van der Waals surface area contributed by atoms with Crippen molar-refractivity contribution in [2.24, 2.45) is 10.1 Å². The lowest BCUT2D eigenvalue weighted by Crippen LogP contribution is -2.25. The van der Waals surface area contributed by atoms with Crippen LogP contribution in [0.25, 0.3) is 0 Å². The van der Waals surface area contributed by atoms with E-state index in [1.807, 2.05) is 36.2 Å². The summed E-state index contributed by atoms with van der Waals surface area (Å²) in [6, 6.07) is 22.8. The van der Waals surface area contributed by atoms with E-state index in [9.17, 15) is 9.59 Å². The molecule has 3 aromatic rings. The lowest BCUT2D eigenvalue weighted by molar-refractivity contribution is -0.121. The standard InChI is InChI=1S/C28H25ClN4O3S/c1-17-3-5-19(6-4-17)24-15-23(18-7-13-22(36-2)14-8-18)32-33(24)28-31-27(35)25(37-28)16-26(34)30-21-11-9-20(29)10-12-21/h3-14,24-25H,15-16H2,1-2H3,(H,30,34)/t24-,25-/m1/s1. The molecule has 0 spiro atoms. The number of carbonyl (C=O) groups is 2. The Bertz CT molecular complexity index is 1370. The average molecular weight is 533 g/mol. The number of rotatable bonds is 6. The number of ether oxygens (including phenoxy) is 1. The van der Waals surface area contributed by atoms with Crippen LogP contribution in [0.5, 0.6) is 5.75 Å². The number of hydrogen-bond acceptors (Lipinski definition) is 6. The Kier molecular flexibility index (Phi) is 7.30. The number of nitrogens with one attached hydrogen (secondary N) is 1. The van der Waals surface area contributed by atoms with Crippen LogP contribution in [-0.4, -0.2) is 40.1 Å². The second kappa shape index (κ2) is 10.8. The van der Waals surface area contributed by atoms with E-state index in [4.69, 9.17) is 21.4 Å². The first kappa shape index (κ1) is 25.0. The summed E-state index contributed by atoms with van der Waals surface area (Å²) < 4.78 is 5.29. The number of hydrogen-bond donors (Lipinski definition) is 1. The van der Waals surface area contributed by atoms with Crippen molar-refractivity contribution in [1.82, 2.24) is 5.01 Å². The summed E-state index contributed by atoms with van der Waals surface area (Å²) >= 11 is 7.19. The van der Waals surface area contributed by atoms with E-state index in [2.05, 4.69) is 34.6 Å². The minimum Gasteiger partial charge on any atom is -0.497 e. The summed E-state index contributed by atoms with van der Waals surface area (Å²) in [5.41, 5.74) is 4.75. The molecule has 9 heteroatoms. The van der Waals surface area contributed by atoms with E-state index in [0.29, 0.717) is 22.3 Å². The van der Waals surface area contributed by atoms with E-state index in [1.165, 1.54) is 17.3 Å². The van der Waals surface area contributed by atoms with Crippen LogP contribution >= 0.6 is 23.4 Å². The van der Waals surface area contributed by atoms with E-state index in [1.54, 1.807) is 31.4 Å². The molecule has 2 aliphatic heterocycles. The maximum Gasteiger partial charge on any atom is 0.262 e. The molecule has 37 heavy (non-hydrogen) atoms. The van der Waals surface area contributed by atoms with Crippen LogP contribution in [0.15, 0.2) is 82.9 Å². The molecule has 0 unspecified atom stereocenters. The number of anilines is 1. The summed E-state index contributed by atoms with van der Waals surface area (Å²) in [5.74, 6) is 0.181. The van der Waals surface area contributed by atoms with Crippen molar-refractivity contribution in [2.45, 2.75) is 31.1 Å². The molecule has 0 aromatic heterocycles. The van der Waals surface area contributed by atoms with Crippen molar-refractivity contribution >= 4 is 51.7 Å². The molecular formula is C28H25ClN4O3S. The van der Waals surface area contributed by atoms with Gasteiger partial charge in [-0.2, -0.15) is 10.1 Å². The number of hydrazone groups is 1. The quantitative estimate of drug-likeness (QED) is 0.431. The molecule has 188 valence electrons. The van der Waals surface area contributed by atoms with Gasteiger partial charge in [-0.1, -0.05) is 53.2 Å².